The summed E-state index contributed by atoms with van der Waals surface area (Å²) in [5, 5.41) is 14.2. The Hall–Kier alpha value is -0.0800. The van der Waals surface area contributed by atoms with E-state index in [1.54, 1.807) is 0 Å². The minimum atomic E-state index is -0.413. The molecule has 0 aliphatic heterocycles. The zero-order valence-electron chi connectivity index (χ0n) is 11.4. The van der Waals surface area contributed by atoms with E-state index < -0.39 is 5.60 Å². The van der Waals surface area contributed by atoms with Crippen LogP contribution in [0.1, 0.15) is 71.1 Å². The predicted molar refractivity (Wildman–Crippen MR) is 72.1 cm³/mol. The third-order valence-electron chi connectivity index (χ3n) is 4.89. The first kappa shape index (κ1) is 13.4. The molecule has 0 amide bonds. The normalized spacial score (nSPS) is 27.9. The van der Waals surface area contributed by atoms with E-state index in [1.165, 1.54) is 51.4 Å². The van der Waals surface area contributed by atoms with Crippen LogP contribution in [0.2, 0.25) is 0 Å². The van der Waals surface area contributed by atoms with Gasteiger partial charge in [0.05, 0.1) is 5.60 Å². The van der Waals surface area contributed by atoms with Crippen molar-refractivity contribution in [1.29, 1.82) is 0 Å². The van der Waals surface area contributed by atoms with Crippen LogP contribution in [0.4, 0.5) is 0 Å². The molecule has 0 heterocycles. The third-order valence-corrected chi connectivity index (χ3v) is 4.89. The highest BCUT2D eigenvalue weighted by atomic mass is 16.3. The molecule has 2 saturated carbocycles. The van der Waals surface area contributed by atoms with Crippen LogP contribution in [0.25, 0.3) is 0 Å². The van der Waals surface area contributed by atoms with Gasteiger partial charge in [0.25, 0.3) is 0 Å². The van der Waals surface area contributed by atoms with Crippen molar-refractivity contribution in [2.45, 2.75) is 82.8 Å². The second-order valence-corrected chi connectivity index (χ2v) is 6.35. The van der Waals surface area contributed by atoms with Crippen molar-refractivity contribution in [3.05, 3.63) is 0 Å². The minimum Gasteiger partial charge on any atom is -0.389 e. The lowest BCUT2D eigenvalue weighted by Gasteiger charge is -2.30. The van der Waals surface area contributed by atoms with Crippen LogP contribution >= 0.6 is 0 Å². The van der Waals surface area contributed by atoms with Crippen LogP contribution in [-0.4, -0.2) is 23.3 Å². The number of nitrogens with one attached hydrogen (secondary N) is 1. The zero-order valence-corrected chi connectivity index (χ0v) is 11.4. The summed E-state index contributed by atoms with van der Waals surface area (Å²) < 4.78 is 0. The van der Waals surface area contributed by atoms with Gasteiger partial charge >= 0.3 is 0 Å². The largest absolute Gasteiger partial charge is 0.389 e. The second-order valence-electron chi connectivity index (χ2n) is 6.35. The molecule has 2 aliphatic carbocycles. The maximum Gasteiger partial charge on any atom is 0.0771 e. The van der Waals surface area contributed by atoms with Crippen LogP contribution in [0, 0.1) is 5.92 Å². The molecule has 0 spiro atoms. The van der Waals surface area contributed by atoms with Crippen LogP contribution in [0.15, 0.2) is 0 Å². The van der Waals surface area contributed by atoms with Gasteiger partial charge in [-0.3, -0.25) is 0 Å². The summed E-state index contributed by atoms with van der Waals surface area (Å²) in [5.74, 6) is 0.851. The Bertz CT molecular complexity index is 215. The van der Waals surface area contributed by atoms with Gasteiger partial charge in [0.2, 0.25) is 0 Å². The van der Waals surface area contributed by atoms with Gasteiger partial charge in [-0.25, -0.2) is 0 Å². The van der Waals surface area contributed by atoms with Crippen LogP contribution < -0.4 is 5.32 Å². The van der Waals surface area contributed by atoms with Crippen molar-refractivity contribution >= 4 is 0 Å². The molecular formula is C15H29NO. The Balaban J connectivity index is 1.75. The molecule has 1 atom stereocenters. The van der Waals surface area contributed by atoms with Crippen molar-refractivity contribution in [1.82, 2.24) is 5.32 Å². The molecule has 100 valence electrons. The zero-order chi connectivity index (χ0) is 12.1. The van der Waals surface area contributed by atoms with Gasteiger partial charge in [-0.2, -0.15) is 0 Å². The molecule has 0 aromatic rings. The highest BCUT2D eigenvalue weighted by Crippen LogP contribution is 2.29. The molecule has 2 fully saturated rings. The van der Waals surface area contributed by atoms with Gasteiger partial charge in [-0.15, -0.1) is 0 Å². The van der Waals surface area contributed by atoms with E-state index in [1.807, 2.05) is 0 Å². The number of hydrogen-bond acceptors (Lipinski definition) is 2. The van der Waals surface area contributed by atoms with Gasteiger partial charge in [0.15, 0.2) is 0 Å². The lowest BCUT2D eigenvalue weighted by molar-refractivity contribution is 0.0215. The van der Waals surface area contributed by atoms with Crippen molar-refractivity contribution in [2.75, 3.05) is 6.54 Å². The molecule has 0 bridgehead atoms. The molecule has 0 radical (unpaired) electrons. The van der Waals surface area contributed by atoms with E-state index in [2.05, 4.69) is 12.2 Å². The number of hydrogen-bond donors (Lipinski definition) is 2. The molecule has 0 aromatic heterocycles. The molecule has 0 aromatic carbocycles. The average molecular weight is 239 g/mol. The molecule has 0 unspecified atom stereocenters. The van der Waals surface area contributed by atoms with Gasteiger partial charge in [-0.1, -0.05) is 38.5 Å². The summed E-state index contributed by atoms with van der Waals surface area (Å²) in [5.41, 5.74) is -0.413. The molecule has 2 N–H and O–H groups in total. The van der Waals surface area contributed by atoms with E-state index in [4.69, 9.17) is 0 Å². The van der Waals surface area contributed by atoms with Gasteiger partial charge < -0.3 is 10.4 Å². The maximum absolute atomic E-state index is 10.6. The number of aliphatic hydroxyl groups is 1. The molecular weight excluding hydrogens is 210 g/mol. The lowest BCUT2D eigenvalue weighted by Crippen LogP contribution is -2.45. The Morgan fingerprint density at radius 1 is 1.06 bits per heavy atom. The first-order valence-electron chi connectivity index (χ1n) is 7.65. The highest BCUT2D eigenvalue weighted by Gasteiger charge is 2.29. The average Bonchev–Trinajstić information content (AvgIpc) is 2.77. The molecule has 0 saturated heterocycles. The standard InChI is InChI=1S/C15H29NO/c1-13(14-8-4-5-9-14)16-12-15(17)10-6-2-3-7-11-15/h13-14,16-17H,2-12H2,1H3/t13-/m0/s1. The topological polar surface area (TPSA) is 32.3 Å². The first-order valence-corrected chi connectivity index (χ1v) is 7.65. The lowest BCUT2D eigenvalue weighted by atomic mass is 9.93. The van der Waals surface area contributed by atoms with Crippen LogP contribution in [0.3, 0.4) is 0 Å². The highest BCUT2D eigenvalue weighted by molar-refractivity contribution is 4.86. The smallest absolute Gasteiger partial charge is 0.0771 e. The van der Waals surface area contributed by atoms with Gasteiger partial charge in [-0.05, 0) is 38.5 Å². The summed E-state index contributed by atoms with van der Waals surface area (Å²) in [4.78, 5) is 0. The summed E-state index contributed by atoms with van der Waals surface area (Å²) in [6.45, 7) is 3.11. The molecule has 2 heteroatoms. The fraction of sp³-hybridized carbons (Fsp3) is 1.00. The van der Waals surface area contributed by atoms with Gasteiger partial charge in [0.1, 0.15) is 0 Å². The van der Waals surface area contributed by atoms with E-state index in [-0.39, 0.29) is 0 Å². The maximum atomic E-state index is 10.6. The Morgan fingerprint density at radius 2 is 1.65 bits per heavy atom. The fourth-order valence-corrected chi connectivity index (χ4v) is 3.54. The Labute approximate surface area is 106 Å². The minimum absolute atomic E-state index is 0.413. The van der Waals surface area contributed by atoms with Crippen molar-refractivity contribution < 1.29 is 5.11 Å². The summed E-state index contributed by atoms with van der Waals surface area (Å²) in [6.07, 6.45) is 12.6. The van der Waals surface area contributed by atoms with Gasteiger partial charge in [0, 0.05) is 12.6 Å². The summed E-state index contributed by atoms with van der Waals surface area (Å²) >= 11 is 0. The summed E-state index contributed by atoms with van der Waals surface area (Å²) in [6, 6.07) is 0.588. The fourth-order valence-electron chi connectivity index (χ4n) is 3.54. The van der Waals surface area contributed by atoms with Crippen LogP contribution in [-0.2, 0) is 0 Å². The number of rotatable bonds is 4. The van der Waals surface area contributed by atoms with E-state index in [0.717, 1.165) is 25.3 Å². The van der Waals surface area contributed by atoms with E-state index in [9.17, 15) is 5.11 Å². The molecule has 17 heavy (non-hydrogen) atoms. The quantitative estimate of drug-likeness (QED) is 0.738. The van der Waals surface area contributed by atoms with Crippen molar-refractivity contribution in [2.24, 2.45) is 5.92 Å². The predicted octanol–water partition coefficient (Wildman–Crippen LogP) is 3.24. The Morgan fingerprint density at radius 3 is 2.24 bits per heavy atom. The Kier molecular flexibility index (Phi) is 4.87. The molecule has 2 aliphatic rings. The van der Waals surface area contributed by atoms with Crippen molar-refractivity contribution in [3.8, 4) is 0 Å². The molecule has 2 rings (SSSR count). The van der Waals surface area contributed by atoms with E-state index >= 15 is 0 Å². The van der Waals surface area contributed by atoms with E-state index in [0.29, 0.717) is 6.04 Å². The SMILES string of the molecule is C[C@H](NCC1(O)CCCCCC1)C1CCCC1. The summed E-state index contributed by atoms with van der Waals surface area (Å²) in [7, 11) is 0. The van der Waals surface area contributed by atoms with Crippen LogP contribution in [0.5, 0.6) is 0 Å². The first-order chi connectivity index (χ1) is 8.20. The third kappa shape index (κ3) is 3.96. The van der Waals surface area contributed by atoms with Crippen molar-refractivity contribution in [3.63, 3.8) is 0 Å². The molecule has 2 nitrogen and oxygen atoms in total. The second kappa shape index (κ2) is 6.19. The monoisotopic (exact) mass is 239 g/mol.